The first-order valence-corrected chi connectivity index (χ1v) is 7.00. The highest BCUT2D eigenvalue weighted by Crippen LogP contribution is 2.33. The van der Waals surface area contributed by atoms with Crippen LogP contribution in [0.25, 0.3) is 10.8 Å². The van der Waals surface area contributed by atoms with Crippen molar-refractivity contribution in [1.82, 2.24) is 9.97 Å². The number of hydrogen-bond donors (Lipinski definition) is 3. The average Bonchev–Trinajstić information content (AvgIpc) is 2.97. The third-order valence-corrected chi connectivity index (χ3v) is 4.04. The number of nitrogens with one attached hydrogen (secondary N) is 1. The lowest BCUT2D eigenvalue weighted by molar-refractivity contribution is 0.0685. The molecule has 6 heteroatoms. The zero-order chi connectivity index (χ0) is 15.0. The summed E-state index contributed by atoms with van der Waals surface area (Å²) in [5.41, 5.74) is 0.630. The number of aromatic amines is 1. The molecule has 0 bridgehead atoms. The molecule has 0 radical (unpaired) electrons. The Balaban J connectivity index is 2.18. The molecule has 3 N–H and O–H groups in total. The minimum absolute atomic E-state index is 0.172. The number of carbonyl (C=O) groups is 1. The number of H-pyrrole nitrogens is 1. The summed E-state index contributed by atoms with van der Waals surface area (Å²) in [4.78, 5) is 17.6. The number of fused-ring (bicyclic) bond motifs is 1. The Hall–Kier alpha value is -2.18. The van der Waals surface area contributed by atoms with Gasteiger partial charge in [0.15, 0.2) is 5.69 Å². The Labute approximate surface area is 128 Å². The van der Waals surface area contributed by atoms with E-state index in [-0.39, 0.29) is 11.4 Å². The van der Waals surface area contributed by atoms with Gasteiger partial charge in [-0.2, -0.15) is 0 Å². The standard InChI is InChI=1S/C15H11BrN2O3/c16-11-6-5-10(8-3-1-2-4-9(8)11)14(19)12-13(15(20)21)18-7-17-12/h1-7,14,19H,(H,17,18)(H,20,21). The number of aliphatic hydroxyl groups excluding tert-OH is 1. The molecule has 0 amide bonds. The second-order valence-corrected chi connectivity index (χ2v) is 5.41. The summed E-state index contributed by atoms with van der Waals surface area (Å²) >= 11 is 3.47. The molecule has 5 nitrogen and oxygen atoms in total. The maximum Gasteiger partial charge on any atom is 0.356 e. The van der Waals surface area contributed by atoms with Crippen molar-refractivity contribution in [2.24, 2.45) is 0 Å². The molecule has 0 aliphatic carbocycles. The molecule has 0 saturated carbocycles. The van der Waals surface area contributed by atoms with Crippen LogP contribution in [0, 0.1) is 0 Å². The molecule has 1 unspecified atom stereocenters. The first-order valence-electron chi connectivity index (χ1n) is 6.21. The highest BCUT2D eigenvalue weighted by Gasteiger charge is 2.23. The zero-order valence-electron chi connectivity index (χ0n) is 10.7. The lowest BCUT2D eigenvalue weighted by atomic mass is 9.98. The molecule has 2 aromatic carbocycles. The van der Waals surface area contributed by atoms with E-state index in [0.29, 0.717) is 5.56 Å². The van der Waals surface area contributed by atoms with Crippen molar-refractivity contribution >= 4 is 32.7 Å². The normalized spacial score (nSPS) is 12.5. The van der Waals surface area contributed by atoms with Crippen molar-refractivity contribution in [3.63, 3.8) is 0 Å². The van der Waals surface area contributed by atoms with Crippen LogP contribution in [0.15, 0.2) is 47.2 Å². The first-order chi connectivity index (χ1) is 10.1. The number of benzene rings is 2. The molecule has 0 saturated heterocycles. The highest BCUT2D eigenvalue weighted by molar-refractivity contribution is 9.10. The second kappa shape index (κ2) is 5.31. The van der Waals surface area contributed by atoms with Crippen LogP contribution in [0.2, 0.25) is 0 Å². The van der Waals surface area contributed by atoms with Crippen LogP contribution in [0.5, 0.6) is 0 Å². The summed E-state index contributed by atoms with van der Waals surface area (Å²) < 4.78 is 0.914. The van der Waals surface area contributed by atoms with Gasteiger partial charge in [-0.05, 0) is 22.4 Å². The number of carboxylic acids is 1. The SMILES string of the molecule is O=C(O)c1nc[nH]c1C(O)c1ccc(Br)c2ccccc12. The summed E-state index contributed by atoms with van der Waals surface area (Å²) in [6.07, 6.45) is 0.180. The number of imidazole rings is 1. The van der Waals surface area contributed by atoms with E-state index in [9.17, 15) is 9.90 Å². The average molecular weight is 347 g/mol. The van der Waals surface area contributed by atoms with Gasteiger partial charge in [-0.25, -0.2) is 9.78 Å². The molecule has 0 aliphatic rings. The van der Waals surface area contributed by atoms with Gasteiger partial charge in [0.25, 0.3) is 0 Å². The quantitative estimate of drug-likeness (QED) is 0.680. The predicted molar refractivity (Wildman–Crippen MR) is 81.3 cm³/mol. The van der Waals surface area contributed by atoms with E-state index in [1.54, 1.807) is 6.07 Å². The number of aliphatic hydroxyl groups is 1. The molecule has 1 atom stereocenters. The van der Waals surface area contributed by atoms with Gasteiger partial charge in [-0.3, -0.25) is 0 Å². The van der Waals surface area contributed by atoms with Gasteiger partial charge in [0.2, 0.25) is 0 Å². The second-order valence-electron chi connectivity index (χ2n) is 4.55. The number of aromatic carboxylic acids is 1. The van der Waals surface area contributed by atoms with Gasteiger partial charge in [0, 0.05) is 4.47 Å². The van der Waals surface area contributed by atoms with Crippen LogP contribution in [0.3, 0.4) is 0 Å². The van der Waals surface area contributed by atoms with E-state index in [1.165, 1.54) is 6.33 Å². The van der Waals surface area contributed by atoms with Gasteiger partial charge in [0.1, 0.15) is 6.10 Å². The van der Waals surface area contributed by atoms with E-state index in [1.807, 2.05) is 30.3 Å². The molecule has 0 aliphatic heterocycles. The van der Waals surface area contributed by atoms with Crippen LogP contribution >= 0.6 is 15.9 Å². The summed E-state index contributed by atoms with van der Waals surface area (Å²) in [6, 6.07) is 11.2. The van der Waals surface area contributed by atoms with Crippen LogP contribution in [-0.4, -0.2) is 26.2 Å². The summed E-state index contributed by atoms with van der Waals surface area (Å²) in [7, 11) is 0. The molecule has 0 spiro atoms. The predicted octanol–water partition coefficient (Wildman–Crippen LogP) is 3.11. The molecule has 0 fully saturated rings. The van der Waals surface area contributed by atoms with Gasteiger partial charge in [-0.1, -0.05) is 46.3 Å². The van der Waals surface area contributed by atoms with Crippen molar-refractivity contribution in [3.8, 4) is 0 Å². The van der Waals surface area contributed by atoms with Crippen molar-refractivity contribution < 1.29 is 15.0 Å². The summed E-state index contributed by atoms with van der Waals surface area (Å²) in [6.45, 7) is 0. The van der Waals surface area contributed by atoms with Gasteiger partial charge >= 0.3 is 5.97 Å². The minimum Gasteiger partial charge on any atom is -0.476 e. The number of hydrogen-bond acceptors (Lipinski definition) is 3. The van der Waals surface area contributed by atoms with Crippen molar-refractivity contribution in [2.75, 3.05) is 0 Å². The Morgan fingerprint density at radius 2 is 1.90 bits per heavy atom. The van der Waals surface area contributed by atoms with E-state index < -0.39 is 12.1 Å². The number of aromatic nitrogens is 2. The summed E-state index contributed by atoms with van der Waals surface area (Å²) in [5.74, 6) is -1.17. The van der Waals surface area contributed by atoms with Crippen molar-refractivity contribution in [1.29, 1.82) is 0 Å². The number of halogens is 1. The molecule has 1 heterocycles. The maximum atomic E-state index is 11.1. The van der Waals surface area contributed by atoms with Gasteiger partial charge in [0.05, 0.1) is 12.0 Å². The fourth-order valence-corrected chi connectivity index (χ4v) is 2.84. The molecule has 106 valence electrons. The maximum absolute atomic E-state index is 11.1. The fraction of sp³-hybridized carbons (Fsp3) is 0.0667. The van der Waals surface area contributed by atoms with Gasteiger partial charge in [-0.15, -0.1) is 0 Å². The molecule has 1 aromatic heterocycles. The number of nitrogens with zero attached hydrogens (tertiary/aromatic N) is 1. The Bertz CT molecular complexity index is 829. The number of rotatable bonds is 3. The molecule has 21 heavy (non-hydrogen) atoms. The van der Waals surface area contributed by atoms with E-state index in [2.05, 4.69) is 25.9 Å². The number of carboxylic acid groups (broad SMARTS) is 1. The van der Waals surface area contributed by atoms with E-state index >= 15 is 0 Å². The Kier molecular flexibility index (Phi) is 3.48. The fourth-order valence-electron chi connectivity index (χ4n) is 2.36. The van der Waals surface area contributed by atoms with Crippen LogP contribution in [0.1, 0.15) is 27.8 Å². The monoisotopic (exact) mass is 346 g/mol. The molecule has 3 rings (SSSR count). The van der Waals surface area contributed by atoms with E-state index in [4.69, 9.17) is 5.11 Å². The van der Waals surface area contributed by atoms with Crippen molar-refractivity contribution in [3.05, 3.63) is 64.1 Å². The zero-order valence-corrected chi connectivity index (χ0v) is 12.3. The topological polar surface area (TPSA) is 86.2 Å². The molecular weight excluding hydrogens is 336 g/mol. The van der Waals surface area contributed by atoms with E-state index in [0.717, 1.165) is 15.2 Å². The minimum atomic E-state index is -1.17. The third kappa shape index (κ3) is 2.32. The molecular formula is C15H11BrN2O3. The Morgan fingerprint density at radius 1 is 1.19 bits per heavy atom. The van der Waals surface area contributed by atoms with Crippen LogP contribution in [-0.2, 0) is 0 Å². The first kappa shape index (κ1) is 13.8. The van der Waals surface area contributed by atoms with Crippen LogP contribution in [0.4, 0.5) is 0 Å². The lowest BCUT2D eigenvalue weighted by Crippen LogP contribution is -2.08. The van der Waals surface area contributed by atoms with Crippen LogP contribution < -0.4 is 0 Å². The Morgan fingerprint density at radius 3 is 2.62 bits per heavy atom. The summed E-state index contributed by atoms with van der Waals surface area (Å²) in [5, 5.41) is 21.5. The highest BCUT2D eigenvalue weighted by atomic mass is 79.9. The van der Waals surface area contributed by atoms with Crippen molar-refractivity contribution in [2.45, 2.75) is 6.10 Å². The smallest absolute Gasteiger partial charge is 0.356 e. The lowest BCUT2D eigenvalue weighted by Gasteiger charge is -2.14. The molecule has 3 aromatic rings. The van der Waals surface area contributed by atoms with Gasteiger partial charge < -0.3 is 15.2 Å². The largest absolute Gasteiger partial charge is 0.476 e. The third-order valence-electron chi connectivity index (χ3n) is 3.34.